The molecule has 5 nitrogen and oxygen atoms in total. The highest BCUT2D eigenvalue weighted by Gasteiger charge is 2.49. The number of carbonyl (C=O) groups excluding carboxylic acids is 1. The Kier molecular flexibility index (Phi) is 5.99. The average molecular weight is 397 g/mol. The van der Waals surface area contributed by atoms with E-state index in [9.17, 15) is 4.79 Å². The summed E-state index contributed by atoms with van der Waals surface area (Å²) in [5.41, 5.74) is 2.39. The Morgan fingerprint density at radius 3 is 2.92 bits per heavy atom. The molecular weight excluding hydrogens is 376 g/mol. The Labute approximate surface area is 161 Å². The molecule has 0 bridgehead atoms. The highest BCUT2D eigenvalue weighted by molar-refractivity contribution is 8.01. The van der Waals surface area contributed by atoms with Crippen LogP contribution in [0.5, 0.6) is 0 Å². The van der Waals surface area contributed by atoms with Gasteiger partial charge >= 0.3 is 0 Å². The summed E-state index contributed by atoms with van der Waals surface area (Å²) in [6.45, 7) is 1.79. The van der Waals surface area contributed by atoms with E-state index in [1.54, 1.807) is 17.3 Å². The van der Waals surface area contributed by atoms with E-state index in [2.05, 4.69) is 20.8 Å². The highest BCUT2D eigenvalue weighted by Crippen LogP contribution is 2.44. The molecule has 0 unspecified atom stereocenters. The summed E-state index contributed by atoms with van der Waals surface area (Å²) in [5, 5.41) is 14.5. The zero-order chi connectivity index (χ0) is 16.4. The Hall–Kier alpha value is -1.15. The molecule has 134 valence electrons. The van der Waals surface area contributed by atoms with Gasteiger partial charge in [0, 0.05) is 17.1 Å². The van der Waals surface area contributed by atoms with Gasteiger partial charge < -0.3 is 10.6 Å². The maximum atomic E-state index is 12.9. The lowest BCUT2D eigenvalue weighted by molar-refractivity contribution is -0.128. The van der Waals surface area contributed by atoms with E-state index in [-0.39, 0.29) is 23.7 Å². The molecule has 2 fully saturated rings. The van der Waals surface area contributed by atoms with Crippen LogP contribution < -0.4 is 10.6 Å². The first kappa shape index (κ1) is 18.6. The van der Waals surface area contributed by atoms with Gasteiger partial charge in [-0.15, -0.1) is 22.6 Å². The standard InChI is InChI=1S/C17H20N4OS2.ClH/c22-15(17-8-2-1-3-12(17)9-18-10-17)20-13-4-6-14(7-5-13)24-16-21-19-11-23-16;/h4-7,11-12,18H,1-3,8-10H2,(H,20,22);1H/t12-,17+;/m0./s1. The lowest BCUT2D eigenvalue weighted by Crippen LogP contribution is -2.44. The first-order valence-electron chi connectivity index (χ1n) is 8.32. The van der Waals surface area contributed by atoms with E-state index < -0.39 is 0 Å². The maximum absolute atomic E-state index is 12.9. The van der Waals surface area contributed by atoms with E-state index in [1.165, 1.54) is 17.8 Å². The summed E-state index contributed by atoms with van der Waals surface area (Å²) in [6, 6.07) is 7.98. The fourth-order valence-corrected chi connectivity index (χ4v) is 5.31. The fraction of sp³-hybridized carbons (Fsp3) is 0.471. The number of fused-ring (bicyclic) bond motifs is 1. The minimum Gasteiger partial charge on any atom is -0.326 e. The molecule has 25 heavy (non-hydrogen) atoms. The molecule has 2 aromatic rings. The van der Waals surface area contributed by atoms with E-state index in [4.69, 9.17) is 0 Å². The van der Waals surface area contributed by atoms with Crippen LogP contribution in [0.4, 0.5) is 5.69 Å². The van der Waals surface area contributed by atoms with Crippen molar-refractivity contribution < 1.29 is 4.79 Å². The quantitative estimate of drug-likeness (QED) is 0.822. The van der Waals surface area contributed by atoms with Crippen molar-refractivity contribution in [2.24, 2.45) is 11.3 Å². The van der Waals surface area contributed by atoms with E-state index in [1.807, 2.05) is 24.3 Å². The highest BCUT2D eigenvalue weighted by atomic mass is 35.5. The van der Waals surface area contributed by atoms with Crippen LogP contribution >= 0.6 is 35.5 Å². The minimum absolute atomic E-state index is 0. The molecule has 0 spiro atoms. The summed E-state index contributed by atoms with van der Waals surface area (Å²) in [5.74, 6) is 0.667. The van der Waals surface area contributed by atoms with Crippen molar-refractivity contribution in [3.63, 3.8) is 0 Å². The normalized spacial score (nSPS) is 25.0. The Balaban J connectivity index is 0.00000182. The maximum Gasteiger partial charge on any atom is 0.232 e. The summed E-state index contributed by atoms with van der Waals surface area (Å²) in [6.07, 6.45) is 4.57. The molecule has 1 aromatic carbocycles. The lowest BCUT2D eigenvalue weighted by Gasteiger charge is -2.37. The van der Waals surface area contributed by atoms with Crippen LogP contribution in [0.3, 0.4) is 0 Å². The van der Waals surface area contributed by atoms with Gasteiger partial charge in [0.25, 0.3) is 0 Å². The van der Waals surface area contributed by atoms with Crippen LogP contribution in [-0.4, -0.2) is 29.2 Å². The monoisotopic (exact) mass is 396 g/mol. The Morgan fingerprint density at radius 2 is 2.16 bits per heavy atom. The second kappa shape index (κ2) is 8.03. The van der Waals surface area contributed by atoms with E-state index in [0.29, 0.717) is 5.92 Å². The fourth-order valence-electron chi connectivity index (χ4n) is 3.86. The van der Waals surface area contributed by atoms with Gasteiger partial charge in [-0.25, -0.2) is 0 Å². The van der Waals surface area contributed by atoms with Crippen molar-refractivity contribution >= 4 is 47.1 Å². The van der Waals surface area contributed by atoms with Crippen LogP contribution in [0.1, 0.15) is 25.7 Å². The third-order valence-electron chi connectivity index (χ3n) is 5.15. The van der Waals surface area contributed by atoms with Crippen LogP contribution in [-0.2, 0) is 4.79 Å². The third kappa shape index (κ3) is 3.84. The number of nitrogens with one attached hydrogen (secondary N) is 2. The molecule has 1 saturated heterocycles. The predicted molar refractivity (Wildman–Crippen MR) is 104 cm³/mol. The number of hydrogen-bond donors (Lipinski definition) is 2. The van der Waals surface area contributed by atoms with Crippen LogP contribution in [0.15, 0.2) is 39.0 Å². The van der Waals surface area contributed by atoms with E-state index in [0.717, 1.165) is 47.3 Å². The second-order valence-corrected chi connectivity index (χ2v) is 8.67. The Bertz CT molecular complexity index is 710. The summed E-state index contributed by atoms with van der Waals surface area (Å²) >= 11 is 3.11. The largest absolute Gasteiger partial charge is 0.326 e. The molecule has 1 saturated carbocycles. The van der Waals surface area contributed by atoms with Gasteiger partial charge in [-0.3, -0.25) is 4.79 Å². The second-order valence-electron chi connectivity index (χ2n) is 6.51. The van der Waals surface area contributed by atoms with Gasteiger partial charge in [0.1, 0.15) is 5.51 Å². The molecule has 4 rings (SSSR count). The summed E-state index contributed by atoms with van der Waals surface area (Å²) in [7, 11) is 0. The number of aromatic nitrogens is 2. The zero-order valence-electron chi connectivity index (χ0n) is 13.7. The van der Waals surface area contributed by atoms with Gasteiger partial charge in [0.2, 0.25) is 5.91 Å². The molecule has 2 atom stereocenters. The number of anilines is 1. The number of amides is 1. The number of benzene rings is 1. The SMILES string of the molecule is Cl.O=C(Nc1ccc(Sc2nncs2)cc1)[C@@]12CCCC[C@H]1CNC2. The van der Waals surface area contributed by atoms with Crippen molar-refractivity contribution in [2.75, 3.05) is 18.4 Å². The van der Waals surface area contributed by atoms with Crippen molar-refractivity contribution in [3.8, 4) is 0 Å². The predicted octanol–water partition coefficient (Wildman–Crippen LogP) is 3.83. The van der Waals surface area contributed by atoms with E-state index >= 15 is 0 Å². The minimum atomic E-state index is -0.210. The van der Waals surface area contributed by atoms with Crippen molar-refractivity contribution in [2.45, 2.75) is 34.9 Å². The van der Waals surface area contributed by atoms with Gasteiger partial charge in [-0.05, 0) is 49.6 Å². The molecule has 0 radical (unpaired) electrons. The van der Waals surface area contributed by atoms with Crippen molar-refractivity contribution in [1.82, 2.24) is 15.5 Å². The number of hydrogen-bond acceptors (Lipinski definition) is 6. The van der Waals surface area contributed by atoms with Crippen LogP contribution in [0.2, 0.25) is 0 Å². The first-order chi connectivity index (χ1) is 11.8. The number of carbonyl (C=O) groups is 1. The molecule has 1 aliphatic heterocycles. The van der Waals surface area contributed by atoms with Gasteiger partial charge in [-0.2, -0.15) is 0 Å². The number of rotatable bonds is 4. The average Bonchev–Trinajstić information content (AvgIpc) is 3.26. The van der Waals surface area contributed by atoms with Crippen LogP contribution in [0.25, 0.3) is 0 Å². The smallest absolute Gasteiger partial charge is 0.232 e. The molecule has 2 N–H and O–H groups in total. The molecule has 1 aliphatic carbocycles. The molecule has 1 amide bonds. The number of halogens is 1. The third-order valence-corrected chi connectivity index (χ3v) is 6.93. The molecule has 1 aromatic heterocycles. The van der Waals surface area contributed by atoms with Gasteiger partial charge in [-0.1, -0.05) is 35.9 Å². The lowest BCUT2D eigenvalue weighted by atomic mass is 9.67. The molecule has 2 heterocycles. The molecule has 2 aliphatic rings. The van der Waals surface area contributed by atoms with Crippen molar-refractivity contribution in [3.05, 3.63) is 29.8 Å². The zero-order valence-corrected chi connectivity index (χ0v) is 16.2. The summed E-state index contributed by atoms with van der Waals surface area (Å²) in [4.78, 5) is 14.0. The summed E-state index contributed by atoms with van der Waals surface area (Å²) < 4.78 is 0.924. The van der Waals surface area contributed by atoms with Crippen LogP contribution in [0, 0.1) is 11.3 Å². The van der Waals surface area contributed by atoms with Crippen molar-refractivity contribution in [1.29, 1.82) is 0 Å². The van der Waals surface area contributed by atoms with Gasteiger partial charge in [0.05, 0.1) is 5.41 Å². The molecular formula is C17H21ClN4OS2. The first-order valence-corrected chi connectivity index (χ1v) is 10.0. The number of nitrogens with zero attached hydrogens (tertiary/aromatic N) is 2. The molecule has 8 heteroatoms. The van der Waals surface area contributed by atoms with Gasteiger partial charge in [0.15, 0.2) is 4.34 Å². The topological polar surface area (TPSA) is 66.9 Å². The Morgan fingerprint density at radius 1 is 1.32 bits per heavy atom.